The zero-order valence-corrected chi connectivity index (χ0v) is 20.5. The maximum atomic E-state index is 14.0. The van der Waals surface area contributed by atoms with Crippen LogP contribution >= 0.6 is 35.6 Å². The number of benzene rings is 1. The number of anilines is 1. The van der Waals surface area contributed by atoms with Crippen molar-refractivity contribution >= 4 is 47.4 Å². The van der Waals surface area contributed by atoms with E-state index in [1.165, 1.54) is 6.07 Å². The summed E-state index contributed by atoms with van der Waals surface area (Å²) in [5.74, 6) is 1.61. The molecule has 1 unspecified atom stereocenters. The van der Waals surface area contributed by atoms with Crippen molar-refractivity contribution in [2.75, 3.05) is 24.5 Å². The summed E-state index contributed by atoms with van der Waals surface area (Å²) >= 11 is 5.92. The van der Waals surface area contributed by atoms with Crippen LogP contribution in [0.4, 0.5) is 10.2 Å². The number of rotatable bonds is 6. The molecule has 0 radical (unpaired) electrons. The minimum atomic E-state index is -0.309. The van der Waals surface area contributed by atoms with Crippen LogP contribution in [0.3, 0.4) is 0 Å². The molecule has 3 heterocycles. The molecular weight excluding hydrogens is 548 g/mol. The molecule has 0 bridgehead atoms. The Labute approximate surface area is 207 Å². The zero-order valence-electron chi connectivity index (χ0n) is 17.5. The zero-order chi connectivity index (χ0) is 21.6. The number of aliphatic imine (C=N–C) groups is 1. The third-order valence-corrected chi connectivity index (χ3v) is 5.11. The summed E-state index contributed by atoms with van der Waals surface area (Å²) in [4.78, 5) is 15.0. The molecule has 1 aliphatic heterocycles. The summed E-state index contributed by atoms with van der Waals surface area (Å²) in [5.41, 5.74) is 0.821. The van der Waals surface area contributed by atoms with Crippen molar-refractivity contribution in [3.8, 4) is 11.4 Å². The first-order chi connectivity index (χ1) is 15.1. The van der Waals surface area contributed by atoms with Gasteiger partial charge >= 0.3 is 0 Å². The second kappa shape index (κ2) is 11.4. The lowest BCUT2D eigenvalue weighted by Gasteiger charge is -2.19. The molecule has 1 aliphatic rings. The fourth-order valence-corrected chi connectivity index (χ4v) is 3.50. The van der Waals surface area contributed by atoms with Gasteiger partial charge in [0.1, 0.15) is 6.54 Å². The molecule has 2 N–H and O–H groups in total. The molecule has 1 saturated heterocycles. The first kappa shape index (κ1) is 24.2. The van der Waals surface area contributed by atoms with Crippen LogP contribution in [0.25, 0.3) is 11.4 Å². The molecule has 0 amide bonds. The Morgan fingerprint density at radius 1 is 1.31 bits per heavy atom. The molecule has 0 spiro atoms. The topological polar surface area (TPSA) is 91.5 Å². The van der Waals surface area contributed by atoms with E-state index in [1.807, 2.05) is 24.0 Å². The van der Waals surface area contributed by atoms with Crippen LogP contribution in [-0.2, 0) is 6.54 Å². The highest BCUT2D eigenvalue weighted by molar-refractivity contribution is 14.0. The van der Waals surface area contributed by atoms with Gasteiger partial charge in [-0.15, -0.1) is 24.0 Å². The fourth-order valence-electron chi connectivity index (χ4n) is 3.38. The number of nitrogens with one attached hydrogen (secondary N) is 2. The van der Waals surface area contributed by atoms with Crippen molar-refractivity contribution in [1.29, 1.82) is 0 Å². The largest absolute Gasteiger partial charge is 0.357 e. The molecule has 170 valence electrons. The van der Waals surface area contributed by atoms with Crippen LogP contribution in [0.5, 0.6) is 0 Å². The number of pyridine rings is 1. The number of hydrogen-bond acceptors (Lipinski definition) is 6. The number of aromatic nitrogens is 3. The highest BCUT2D eigenvalue weighted by Gasteiger charge is 2.26. The van der Waals surface area contributed by atoms with Crippen molar-refractivity contribution in [3.05, 3.63) is 59.3 Å². The third-order valence-electron chi connectivity index (χ3n) is 4.85. The van der Waals surface area contributed by atoms with Crippen LogP contribution in [0, 0.1) is 5.82 Å². The van der Waals surface area contributed by atoms with Gasteiger partial charge in [-0.3, -0.25) is 0 Å². The summed E-state index contributed by atoms with van der Waals surface area (Å²) in [6, 6.07) is 10.4. The van der Waals surface area contributed by atoms with Crippen LogP contribution in [0.1, 0.15) is 19.2 Å². The Balaban J connectivity index is 0.00000289. The summed E-state index contributed by atoms with van der Waals surface area (Å²) in [5, 5.41) is 11.3. The van der Waals surface area contributed by atoms with E-state index >= 15 is 0 Å². The van der Waals surface area contributed by atoms with Gasteiger partial charge in [-0.1, -0.05) is 16.8 Å². The molecule has 11 heteroatoms. The van der Waals surface area contributed by atoms with Crippen LogP contribution in [0.15, 0.2) is 52.1 Å². The van der Waals surface area contributed by atoms with Gasteiger partial charge in [0.05, 0.1) is 0 Å². The first-order valence-electron chi connectivity index (χ1n) is 10.1. The summed E-state index contributed by atoms with van der Waals surface area (Å²) in [7, 11) is 0. The Kier molecular flexibility index (Phi) is 8.62. The second-order valence-electron chi connectivity index (χ2n) is 7.10. The number of nitrogens with zero attached hydrogens (tertiary/aromatic N) is 5. The number of halogens is 3. The van der Waals surface area contributed by atoms with Gasteiger partial charge in [-0.2, -0.15) is 4.98 Å². The minimum absolute atomic E-state index is 0. The smallest absolute Gasteiger partial charge is 0.248 e. The molecule has 2 aromatic heterocycles. The number of guanidine groups is 1. The fraction of sp³-hybridized carbons (Fsp3) is 0.333. The lowest BCUT2D eigenvalue weighted by atomic mass is 10.2. The van der Waals surface area contributed by atoms with Gasteiger partial charge in [-0.25, -0.2) is 14.4 Å². The highest BCUT2D eigenvalue weighted by atomic mass is 127. The van der Waals surface area contributed by atoms with Crippen LogP contribution < -0.4 is 15.5 Å². The Bertz CT molecular complexity index is 1050. The van der Waals surface area contributed by atoms with Gasteiger partial charge in [0.25, 0.3) is 0 Å². The van der Waals surface area contributed by atoms with Crippen molar-refractivity contribution in [2.24, 2.45) is 4.99 Å². The minimum Gasteiger partial charge on any atom is -0.357 e. The maximum Gasteiger partial charge on any atom is 0.248 e. The summed E-state index contributed by atoms with van der Waals surface area (Å²) < 4.78 is 19.3. The Morgan fingerprint density at radius 3 is 2.88 bits per heavy atom. The molecule has 1 atom stereocenters. The molecule has 1 fully saturated rings. The van der Waals surface area contributed by atoms with Gasteiger partial charge in [0, 0.05) is 42.5 Å². The van der Waals surface area contributed by atoms with E-state index in [2.05, 4.69) is 30.8 Å². The number of hydrogen-bond donors (Lipinski definition) is 2. The second-order valence-corrected chi connectivity index (χ2v) is 7.53. The van der Waals surface area contributed by atoms with Crippen LogP contribution in [0.2, 0.25) is 5.02 Å². The first-order valence-corrected chi connectivity index (χ1v) is 10.5. The lowest BCUT2D eigenvalue weighted by Crippen LogP contribution is -2.44. The van der Waals surface area contributed by atoms with E-state index < -0.39 is 0 Å². The van der Waals surface area contributed by atoms with Crippen molar-refractivity contribution in [1.82, 2.24) is 25.8 Å². The van der Waals surface area contributed by atoms with Gasteiger partial charge in [0.2, 0.25) is 11.7 Å². The van der Waals surface area contributed by atoms with E-state index in [0.29, 0.717) is 41.6 Å². The van der Waals surface area contributed by atoms with E-state index in [0.717, 1.165) is 18.5 Å². The van der Waals surface area contributed by atoms with Crippen molar-refractivity contribution < 1.29 is 8.91 Å². The van der Waals surface area contributed by atoms with Gasteiger partial charge < -0.3 is 20.1 Å². The molecule has 4 rings (SSSR count). The summed E-state index contributed by atoms with van der Waals surface area (Å²) in [6.45, 7) is 4.30. The highest BCUT2D eigenvalue weighted by Crippen LogP contribution is 2.21. The molecule has 3 aromatic rings. The normalized spacial score (nSPS) is 16.0. The third kappa shape index (κ3) is 6.06. The molecule has 1 aromatic carbocycles. The standard InChI is InChI=1S/C21H23ClFN7O.HI/c1-2-24-21(27-16-9-11-30(13-16)20-17(23)4-3-10-25-20)26-12-18-28-19(29-31-18)14-5-7-15(22)8-6-14;/h3-8,10,16H,2,9,11-13H2,1H3,(H2,24,26,27);1H. The van der Waals surface area contributed by atoms with Gasteiger partial charge in [-0.05, 0) is 49.7 Å². The predicted octanol–water partition coefficient (Wildman–Crippen LogP) is 3.88. The molecular formula is C21H24ClFIN7O. The average molecular weight is 572 g/mol. The van der Waals surface area contributed by atoms with E-state index in [-0.39, 0.29) is 42.4 Å². The van der Waals surface area contributed by atoms with E-state index in [1.54, 1.807) is 24.4 Å². The van der Waals surface area contributed by atoms with Crippen molar-refractivity contribution in [2.45, 2.75) is 25.9 Å². The lowest BCUT2D eigenvalue weighted by molar-refractivity contribution is 0.380. The predicted molar refractivity (Wildman–Crippen MR) is 133 cm³/mol. The monoisotopic (exact) mass is 571 g/mol. The Hall–Kier alpha value is -2.47. The molecule has 8 nitrogen and oxygen atoms in total. The van der Waals surface area contributed by atoms with E-state index in [4.69, 9.17) is 16.1 Å². The maximum absolute atomic E-state index is 14.0. The SMILES string of the molecule is CCNC(=NCc1nc(-c2ccc(Cl)cc2)no1)NC1CCN(c2ncccc2F)C1.I. The van der Waals surface area contributed by atoms with Crippen molar-refractivity contribution in [3.63, 3.8) is 0 Å². The Morgan fingerprint density at radius 2 is 2.12 bits per heavy atom. The summed E-state index contributed by atoms with van der Waals surface area (Å²) in [6.07, 6.45) is 2.45. The molecule has 0 aliphatic carbocycles. The molecule has 0 saturated carbocycles. The molecule has 32 heavy (non-hydrogen) atoms. The average Bonchev–Trinajstić information content (AvgIpc) is 3.43. The van der Waals surface area contributed by atoms with Gasteiger partial charge in [0.15, 0.2) is 17.6 Å². The quantitative estimate of drug-likeness (QED) is 0.264. The van der Waals surface area contributed by atoms with Crippen LogP contribution in [-0.4, -0.2) is 46.8 Å². The van der Waals surface area contributed by atoms with E-state index in [9.17, 15) is 4.39 Å².